The standard InChI is InChI=1S/C22H20O6/c1-12(2)17(24)10-16-18(25)11-20(27)21-19(26)9-15(28-22(16)21)8-5-13-3-6-14(23)7-4-13/h3-9,11,17,23-25,27H,1,10H2,2H3/b8-5+. The number of rotatable bonds is 5. The predicted molar refractivity (Wildman–Crippen MR) is 107 cm³/mol. The summed E-state index contributed by atoms with van der Waals surface area (Å²) in [6, 6.07) is 8.74. The molecule has 1 heterocycles. The van der Waals surface area contributed by atoms with Crippen molar-refractivity contribution in [3.63, 3.8) is 0 Å². The molecular weight excluding hydrogens is 360 g/mol. The Morgan fingerprint density at radius 1 is 1.11 bits per heavy atom. The second-order valence-corrected chi connectivity index (χ2v) is 6.60. The zero-order chi connectivity index (χ0) is 20.4. The van der Waals surface area contributed by atoms with Gasteiger partial charge in [-0.25, -0.2) is 0 Å². The smallest absolute Gasteiger partial charge is 0.197 e. The minimum atomic E-state index is -0.944. The van der Waals surface area contributed by atoms with E-state index in [0.29, 0.717) is 5.57 Å². The SMILES string of the molecule is C=C(C)C(O)Cc1c(O)cc(O)c2c(=O)cc(/C=C/c3ccc(O)cc3)oc12. The van der Waals surface area contributed by atoms with Gasteiger partial charge in [-0.1, -0.05) is 30.4 Å². The number of aliphatic hydroxyl groups is 1. The summed E-state index contributed by atoms with van der Waals surface area (Å²) in [5, 5.41) is 39.7. The van der Waals surface area contributed by atoms with Crippen LogP contribution in [0.5, 0.6) is 17.2 Å². The van der Waals surface area contributed by atoms with Crippen LogP contribution >= 0.6 is 0 Å². The van der Waals surface area contributed by atoms with Crippen LogP contribution in [-0.4, -0.2) is 26.5 Å². The first-order valence-corrected chi connectivity index (χ1v) is 8.58. The Morgan fingerprint density at radius 3 is 2.43 bits per heavy atom. The first kappa shape index (κ1) is 19.3. The van der Waals surface area contributed by atoms with E-state index in [-0.39, 0.29) is 40.2 Å². The van der Waals surface area contributed by atoms with E-state index in [9.17, 15) is 25.2 Å². The van der Waals surface area contributed by atoms with E-state index in [4.69, 9.17) is 4.42 Å². The molecule has 3 aromatic rings. The van der Waals surface area contributed by atoms with Crippen LogP contribution in [0.15, 0.2) is 57.8 Å². The summed E-state index contributed by atoms with van der Waals surface area (Å²) >= 11 is 0. The highest BCUT2D eigenvalue weighted by molar-refractivity contribution is 5.88. The lowest BCUT2D eigenvalue weighted by atomic mass is 9.99. The van der Waals surface area contributed by atoms with Crippen molar-refractivity contribution >= 4 is 23.1 Å². The third-order valence-electron chi connectivity index (χ3n) is 4.38. The Balaban J connectivity index is 2.12. The summed E-state index contributed by atoms with van der Waals surface area (Å²) in [7, 11) is 0. The van der Waals surface area contributed by atoms with Crippen LogP contribution in [0.2, 0.25) is 0 Å². The van der Waals surface area contributed by atoms with E-state index in [0.717, 1.165) is 11.6 Å². The summed E-state index contributed by atoms with van der Waals surface area (Å²) in [6.07, 6.45) is 2.29. The molecule has 0 bridgehead atoms. The van der Waals surface area contributed by atoms with Crippen molar-refractivity contribution in [2.24, 2.45) is 0 Å². The van der Waals surface area contributed by atoms with Crippen LogP contribution in [0.4, 0.5) is 0 Å². The van der Waals surface area contributed by atoms with E-state index >= 15 is 0 Å². The van der Waals surface area contributed by atoms with E-state index in [1.165, 1.54) is 18.2 Å². The van der Waals surface area contributed by atoms with Gasteiger partial charge in [0.15, 0.2) is 5.43 Å². The lowest BCUT2D eigenvalue weighted by Crippen LogP contribution is -2.12. The number of benzene rings is 2. The summed E-state index contributed by atoms with van der Waals surface area (Å²) in [5.41, 5.74) is 1.01. The number of hydrogen-bond acceptors (Lipinski definition) is 6. The van der Waals surface area contributed by atoms with E-state index in [1.54, 1.807) is 31.2 Å². The summed E-state index contributed by atoms with van der Waals surface area (Å²) in [5.74, 6) is -0.334. The second-order valence-electron chi connectivity index (χ2n) is 6.60. The molecular formula is C22H20O6. The quantitative estimate of drug-likeness (QED) is 0.504. The van der Waals surface area contributed by atoms with Gasteiger partial charge in [0.25, 0.3) is 0 Å². The predicted octanol–water partition coefficient (Wildman–Crippen LogP) is 3.56. The summed E-state index contributed by atoms with van der Waals surface area (Å²) in [6.45, 7) is 5.33. The van der Waals surface area contributed by atoms with Crippen LogP contribution in [0.25, 0.3) is 23.1 Å². The average molecular weight is 380 g/mol. The van der Waals surface area contributed by atoms with Crippen molar-refractivity contribution in [3.05, 3.63) is 75.7 Å². The third kappa shape index (κ3) is 3.92. The molecule has 0 aliphatic carbocycles. The Morgan fingerprint density at radius 2 is 1.79 bits per heavy atom. The van der Waals surface area contributed by atoms with Crippen LogP contribution in [0, 0.1) is 0 Å². The first-order chi connectivity index (χ1) is 13.3. The van der Waals surface area contributed by atoms with Gasteiger partial charge in [0.2, 0.25) is 0 Å². The Kier molecular flexibility index (Phi) is 5.24. The summed E-state index contributed by atoms with van der Waals surface area (Å²) in [4.78, 5) is 12.5. The van der Waals surface area contributed by atoms with Gasteiger partial charge in [0.05, 0.1) is 6.10 Å². The molecule has 0 radical (unpaired) electrons. The lowest BCUT2D eigenvalue weighted by Gasteiger charge is -2.14. The van der Waals surface area contributed by atoms with E-state index < -0.39 is 17.3 Å². The lowest BCUT2D eigenvalue weighted by molar-refractivity contribution is 0.210. The fourth-order valence-corrected chi connectivity index (χ4v) is 2.78. The maximum atomic E-state index is 12.5. The monoisotopic (exact) mass is 380 g/mol. The minimum absolute atomic E-state index is 0.00987. The molecule has 6 nitrogen and oxygen atoms in total. The minimum Gasteiger partial charge on any atom is -0.508 e. The fraction of sp³-hybridized carbons (Fsp3) is 0.136. The first-order valence-electron chi connectivity index (χ1n) is 8.58. The van der Waals surface area contributed by atoms with Crippen molar-refractivity contribution < 1.29 is 24.8 Å². The van der Waals surface area contributed by atoms with Gasteiger partial charge in [-0.15, -0.1) is 0 Å². The molecule has 0 aliphatic rings. The van der Waals surface area contributed by atoms with Crippen LogP contribution in [-0.2, 0) is 6.42 Å². The molecule has 0 saturated carbocycles. The van der Waals surface area contributed by atoms with Crippen molar-refractivity contribution in [2.45, 2.75) is 19.4 Å². The highest BCUT2D eigenvalue weighted by Crippen LogP contribution is 2.34. The largest absolute Gasteiger partial charge is 0.508 e. The van der Waals surface area contributed by atoms with E-state index in [2.05, 4.69) is 6.58 Å². The normalized spacial score (nSPS) is 12.5. The number of aliphatic hydroxyl groups excluding tert-OH is 1. The number of phenols is 3. The molecule has 144 valence electrons. The topological polar surface area (TPSA) is 111 Å². The molecule has 4 N–H and O–H groups in total. The van der Waals surface area contributed by atoms with Crippen molar-refractivity contribution in [3.8, 4) is 17.2 Å². The van der Waals surface area contributed by atoms with Gasteiger partial charge >= 0.3 is 0 Å². The number of hydrogen-bond donors (Lipinski definition) is 4. The fourth-order valence-electron chi connectivity index (χ4n) is 2.78. The molecule has 1 unspecified atom stereocenters. The van der Waals surface area contributed by atoms with Crippen LogP contribution in [0.1, 0.15) is 23.8 Å². The summed E-state index contributed by atoms with van der Waals surface area (Å²) < 4.78 is 5.76. The van der Waals surface area contributed by atoms with Crippen molar-refractivity contribution in [2.75, 3.05) is 0 Å². The molecule has 0 aliphatic heterocycles. The van der Waals surface area contributed by atoms with Gasteiger partial charge in [-0.05, 0) is 30.7 Å². The van der Waals surface area contributed by atoms with Gasteiger partial charge in [0, 0.05) is 24.1 Å². The molecule has 0 spiro atoms. The molecule has 6 heteroatoms. The molecule has 0 saturated heterocycles. The van der Waals surface area contributed by atoms with Crippen LogP contribution in [0.3, 0.4) is 0 Å². The number of aromatic hydroxyl groups is 3. The molecule has 1 aromatic heterocycles. The van der Waals surface area contributed by atoms with E-state index in [1.807, 2.05) is 0 Å². The van der Waals surface area contributed by atoms with Crippen molar-refractivity contribution in [1.29, 1.82) is 0 Å². The highest BCUT2D eigenvalue weighted by atomic mass is 16.3. The van der Waals surface area contributed by atoms with Gasteiger partial charge < -0.3 is 24.8 Å². The number of phenolic OH excluding ortho intramolecular Hbond substituents is 3. The Bertz CT molecular complexity index is 1120. The number of fused-ring (bicyclic) bond motifs is 1. The van der Waals surface area contributed by atoms with Crippen molar-refractivity contribution in [1.82, 2.24) is 0 Å². The maximum absolute atomic E-state index is 12.5. The third-order valence-corrected chi connectivity index (χ3v) is 4.38. The second kappa shape index (κ2) is 7.62. The zero-order valence-corrected chi connectivity index (χ0v) is 15.2. The molecule has 3 rings (SSSR count). The van der Waals surface area contributed by atoms with Gasteiger partial charge in [-0.2, -0.15) is 0 Å². The average Bonchev–Trinajstić information content (AvgIpc) is 2.63. The van der Waals surface area contributed by atoms with Gasteiger partial charge in [-0.3, -0.25) is 4.79 Å². The van der Waals surface area contributed by atoms with Gasteiger partial charge in [0.1, 0.15) is 34.0 Å². The Labute approximate surface area is 160 Å². The highest BCUT2D eigenvalue weighted by Gasteiger charge is 2.20. The molecule has 0 amide bonds. The zero-order valence-electron chi connectivity index (χ0n) is 15.2. The maximum Gasteiger partial charge on any atom is 0.197 e. The molecule has 28 heavy (non-hydrogen) atoms. The molecule has 2 aromatic carbocycles. The van der Waals surface area contributed by atoms with Crippen LogP contribution < -0.4 is 5.43 Å². The Hall–Kier alpha value is -3.51. The molecule has 1 atom stereocenters. The molecule has 0 fully saturated rings.